The number of anilines is 1. The number of hydrogen-bond acceptors (Lipinski definition) is 3. The van der Waals surface area contributed by atoms with Crippen molar-refractivity contribution in [3.63, 3.8) is 0 Å². The molecule has 1 aromatic carbocycles. The van der Waals surface area contributed by atoms with Crippen LogP contribution in [0.4, 0.5) is 10.5 Å². The Morgan fingerprint density at radius 3 is 2.19 bits per heavy atom. The third-order valence-electron chi connectivity index (χ3n) is 4.35. The van der Waals surface area contributed by atoms with E-state index in [1.807, 2.05) is 45.0 Å². The van der Waals surface area contributed by atoms with Gasteiger partial charge in [0.2, 0.25) is 0 Å². The van der Waals surface area contributed by atoms with E-state index in [-0.39, 0.29) is 10.8 Å². The number of carbonyl (C=O) groups is 1. The van der Waals surface area contributed by atoms with Crippen LogP contribution in [-0.2, 0) is 10.2 Å². The lowest BCUT2D eigenvalue weighted by Crippen LogP contribution is -2.27. The molecule has 1 atom stereocenters. The number of rotatable bonds is 3. The topological polar surface area (TPSA) is 64.3 Å². The molecule has 0 spiro atoms. The van der Waals surface area contributed by atoms with E-state index in [1.54, 1.807) is 0 Å². The third kappa shape index (κ3) is 3.21. The summed E-state index contributed by atoms with van der Waals surface area (Å²) in [6.45, 7) is 10.7. The van der Waals surface area contributed by atoms with Gasteiger partial charge in [0.1, 0.15) is 5.60 Å². The van der Waals surface area contributed by atoms with Crippen LogP contribution in [0.25, 0.3) is 0 Å². The highest BCUT2D eigenvalue weighted by molar-refractivity contribution is 5.84. The van der Waals surface area contributed by atoms with Crippen LogP contribution in [-0.4, -0.2) is 18.2 Å². The van der Waals surface area contributed by atoms with Crippen LogP contribution < -0.4 is 11.1 Å². The van der Waals surface area contributed by atoms with E-state index in [2.05, 4.69) is 19.2 Å². The van der Waals surface area contributed by atoms with Crippen molar-refractivity contribution in [3.8, 4) is 0 Å². The third-order valence-corrected chi connectivity index (χ3v) is 4.35. The molecule has 0 aromatic heterocycles. The van der Waals surface area contributed by atoms with Gasteiger partial charge in [-0.1, -0.05) is 26.0 Å². The monoisotopic (exact) mass is 290 g/mol. The summed E-state index contributed by atoms with van der Waals surface area (Å²) in [5, 5.41) is 2.74. The lowest BCUT2D eigenvalue weighted by Gasteiger charge is -2.21. The first-order chi connectivity index (χ1) is 9.60. The van der Waals surface area contributed by atoms with Gasteiger partial charge in [0, 0.05) is 17.6 Å². The van der Waals surface area contributed by atoms with Crippen LogP contribution >= 0.6 is 0 Å². The van der Waals surface area contributed by atoms with Crippen LogP contribution in [0.3, 0.4) is 0 Å². The number of ether oxygens (including phenoxy) is 1. The van der Waals surface area contributed by atoms with E-state index in [1.165, 1.54) is 5.56 Å². The predicted octanol–water partition coefficient (Wildman–Crippen LogP) is 3.66. The van der Waals surface area contributed by atoms with Crippen LogP contribution in [0.1, 0.15) is 46.6 Å². The van der Waals surface area contributed by atoms with Gasteiger partial charge in [-0.2, -0.15) is 0 Å². The van der Waals surface area contributed by atoms with Crippen LogP contribution in [0, 0.1) is 5.41 Å². The second-order valence-corrected chi connectivity index (χ2v) is 7.55. The zero-order valence-corrected chi connectivity index (χ0v) is 13.6. The molecule has 21 heavy (non-hydrogen) atoms. The maximum atomic E-state index is 11.7. The number of nitrogens with one attached hydrogen (secondary N) is 1. The summed E-state index contributed by atoms with van der Waals surface area (Å²) in [5.41, 5.74) is 7.79. The molecule has 4 heteroatoms. The predicted molar refractivity (Wildman–Crippen MR) is 85.4 cm³/mol. The Bertz CT molecular complexity index is 529. The molecule has 1 aliphatic rings. The fraction of sp³-hybridized carbons (Fsp3) is 0.588. The van der Waals surface area contributed by atoms with Crippen molar-refractivity contribution in [2.75, 3.05) is 11.9 Å². The molecule has 0 bridgehead atoms. The molecular formula is C17H26N2O2. The molecule has 4 nitrogen and oxygen atoms in total. The van der Waals surface area contributed by atoms with Gasteiger partial charge >= 0.3 is 6.09 Å². The number of hydrogen-bond donors (Lipinski definition) is 2. The zero-order valence-electron chi connectivity index (χ0n) is 13.6. The number of carbonyl (C=O) groups excluding carboxylic acids is 1. The molecule has 1 fully saturated rings. The summed E-state index contributed by atoms with van der Waals surface area (Å²) < 4.78 is 5.24. The Labute approximate surface area is 127 Å². The van der Waals surface area contributed by atoms with Gasteiger partial charge in [0.05, 0.1) is 0 Å². The molecule has 1 saturated carbocycles. The molecule has 2 rings (SSSR count). The highest BCUT2D eigenvalue weighted by atomic mass is 16.6. The fourth-order valence-electron chi connectivity index (χ4n) is 2.96. The number of benzene rings is 1. The van der Waals surface area contributed by atoms with Crippen LogP contribution in [0.15, 0.2) is 24.3 Å². The quantitative estimate of drug-likeness (QED) is 0.893. The van der Waals surface area contributed by atoms with E-state index in [0.29, 0.717) is 6.54 Å². The molecular weight excluding hydrogens is 264 g/mol. The van der Waals surface area contributed by atoms with Crippen molar-refractivity contribution in [3.05, 3.63) is 29.8 Å². The Morgan fingerprint density at radius 1 is 1.29 bits per heavy atom. The molecule has 0 heterocycles. The maximum Gasteiger partial charge on any atom is 0.412 e. The van der Waals surface area contributed by atoms with Gasteiger partial charge in [-0.25, -0.2) is 4.79 Å². The molecule has 1 aromatic rings. The molecule has 1 aliphatic carbocycles. The highest BCUT2D eigenvalue weighted by Gasteiger charge is 2.60. The summed E-state index contributed by atoms with van der Waals surface area (Å²) in [6.07, 6.45) is 0.672. The summed E-state index contributed by atoms with van der Waals surface area (Å²) in [7, 11) is 0. The van der Waals surface area contributed by atoms with Crippen molar-refractivity contribution in [1.82, 2.24) is 0 Å². The second kappa shape index (κ2) is 5.02. The van der Waals surface area contributed by atoms with Crippen LogP contribution in [0.2, 0.25) is 0 Å². The Balaban J connectivity index is 2.05. The molecule has 3 N–H and O–H groups in total. The standard InChI is InChI=1S/C17H26N2O2/c1-15(2,3)21-14(20)19-13-8-6-12(7-9-13)17(11-18)10-16(17,4)5/h6-9H,10-11,18H2,1-5H3,(H,19,20). The van der Waals surface area contributed by atoms with E-state index >= 15 is 0 Å². The first-order valence-corrected chi connectivity index (χ1v) is 7.40. The Kier molecular flexibility index (Phi) is 3.79. The minimum absolute atomic E-state index is 0.0808. The average molecular weight is 290 g/mol. The molecule has 0 aliphatic heterocycles. The molecule has 0 radical (unpaired) electrons. The summed E-state index contributed by atoms with van der Waals surface area (Å²) in [4.78, 5) is 11.7. The zero-order chi connectivity index (χ0) is 15.9. The van der Waals surface area contributed by atoms with Crippen molar-refractivity contribution >= 4 is 11.8 Å². The Morgan fingerprint density at radius 2 is 1.81 bits per heavy atom. The van der Waals surface area contributed by atoms with Gasteiger partial charge < -0.3 is 10.5 Å². The molecule has 116 valence electrons. The molecule has 1 amide bonds. The smallest absolute Gasteiger partial charge is 0.412 e. The molecule has 0 saturated heterocycles. The van der Waals surface area contributed by atoms with E-state index in [9.17, 15) is 4.79 Å². The highest BCUT2D eigenvalue weighted by Crippen LogP contribution is 2.63. The minimum Gasteiger partial charge on any atom is -0.444 e. The first-order valence-electron chi connectivity index (χ1n) is 7.40. The van der Waals surface area contributed by atoms with Crippen LogP contribution in [0.5, 0.6) is 0 Å². The van der Waals surface area contributed by atoms with Gasteiger partial charge in [-0.3, -0.25) is 5.32 Å². The normalized spacial score (nSPS) is 23.5. The summed E-state index contributed by atoms with van der Waals surface area (Å²) >= 11 is 0. The van der Waals surface area contributed by atoms with E-state index in [0.717, 1.165) is 12.1 Å². The van der Waals surface area contributed by atoms with Crippen molar-refractivity contribution in [2.24, 2.45) is 11.1 Å². The van der Waals surface area contributed by atoms with E-state index in [4.69, 9.17) is 10.5 Å². The largest absolute Gasteiger partial charge is 0.444 e. The molecule has 1 unspecified atom stereocenters. The van der Waals surface area contributed by atoms with Gasteiger partial charge in [-0.15, -0.1) is 0 Å². The average Bonchev–Trinajstić information content (AvgIpc) is 2.91. The maximum absolute atomic E-state index is 11.7. The Hall–Kier alpha value is -1.55. The lowest BCUT2D eigenvalue weighted by atomic mass is 9.88. The number of amides is 1. The second-order valence-electron chi connectivity index (χ2n) is 7.55. The summed E-state index contributed by atoms with van der Waals surface area (Å²) in [6, 6.07) is 7.92. The summed E-state index contributed by atoms with van der Waals surface area (Å²) in [5.74, 6) is 0. The van der Waals surface area contributed by atoms with Gasteiger partial charge in [0.15, 0.2) is 0 Å². The fourth-order valence-corrected chi connectivity index (χ4v) is 2.96. The first kappa shape index (κ1) is 15.8. The lowest BCUT2D eigenvalue weighted by molar-refractivity contribution is 0.0636. The van der Waals surface area contributed by atoms with Gasteiger partial charge in [-0.05, 0) is 50.3 Å². The van der Waals surface area contributed by atoms with Gasteiger partial charge in [0.25, 0.3) is 0 Å². The van der Waals surface area contributed by atoms with Crippen molar-refractivity contribution in [2.45, 2.75) is 52.1 Å². The SMILES string of the molecule is CC(C)(C)OC(=O)Nc1ccc(C2(CN)CC2(C)C)cc1. The van der Waals surface area contributed by atoms with E-state index < -0.39 is 11.7 Å². The van der Waals surface area contributed by atoms with Crippen molar-refractivity contribution in [1.29, 1.82) is 0 Å². The minimum atomic E-state index is -0.494. The van der Waals surface area contributed by atoms with Crippen molar-refractivity contribution < 1.29 is 9.53 Å². The number of nitrogens with two attached hydrogens (primary N) is 1.